The van der Waals surface area contributed by atoms with Crippen LogP contribution in [0.5, 0.6) is 0 Å². The third kappa shape index (κ3) is 3.69. The average molecular weight is 304 g/mol. The van der Waals surface area contributed by atoms with Crippen molar-refractivity contribution in [2.45, 2.75) is 12.5 Å². The van der Waals surface area contributed by atoms with Gasteiger partial charge < -0.3 is 19.8 Å². The topological polar surface area (TPSA) is 59.4 Å². The predicted octanol–water partition coefficient (Wildman–Crippen LogP) is 1.44. The van der Waals surface area contributed by atoms with Crippen molar-refractivity contribution in [3.63, 3.8) is 0 Å². The third-order valence-electron chi connectivity index (χ3n) is 3.74. The van der Waals surface area contributed by atoms with E-state index in [2.05, 4.69) is 4.90 Å². The predicted molar refractivity (Wildman–Crippen MR) is 88.8 cm³/mol. The van der Waals surface area contributed by atoms with Crippen molar-refractivity contribution in [3.8, 4) is 0 Å². The second-order valence-corrected chi connectivity index (χ2v) is 5.96. The first kappa shape index (κ1) is 16.1. The lowest BCUT2D eigenvalue weighted by molar-refractivity contribution is 0.0697. The lowest BCUT2D eigenvalue weighted by Gasteiger charge is -2.24. The number of aromatic carboxylic acids is 1. The second-order valence-electron chi connectivity index (χ2n) is 5.96. The van der Waals surface area contributed by atoms with E-state index in [0.717, 1.165) is 31.2 Å². The molecule has 1 aromatic carbocycles. The highest BCUT2D eigenvalue weighted by molar-refractivity contribution is 5.88. The minimum absolute atomic E-state index is 0.263. The Morgan fingerprint density at radius 3 is 2.27 bits per heavy atom. The van der Waals surface area contributed by atoms with Crippen molar-refractivity contribution in [2.24, 2.45) is 4.99 Å². The van der Waals surface area contributed by atoms with Crippen LogP contribution in [0.1, 0.15) is 16.8 Å². The van der Waals surface area contributed by atoms with Crippen LogP contribution < -0.4 is 4.90 Å². The largest absolute Gasteiger partial charge is 0.478 e. The lowest BCUT2D eigenvalue weighted by atomic mass is 10.2. The molecule has 0 saturated carbocycles. The number of carboxylic acid groups (broad SMARTS) is 1. The van der Waals surface area contributed by atoms with Crippen LogP contribution in [0.3, 0.4) is 0 Å². The third-order valence-corrected chi connectivity index (χ3v) is 3.74. The molecule has 0 bridgehead atoms. The Morgan fingerprint density at radius 2 is 1.77 bits per heavy atom. The number of guanidine groups is 1. The number of rotatable bonds is 3. The number of benzene rings is 1. The van der Waals surface area contributed by atoms with E-state index in [1.54, 1.807) is 12.1 Å². The van der Waals surface area contributed by atoms with Gasteiger partial charge in [0.15, 0.2) is 5.96 Å². The highest BCUT2D eigenvalue weighted by Gasteiger charge is 2.23. The van der Waals surface area contributed by atoms with E-state index in [1.165, 1.54) is 0 Å². The van der Waals surface area contributed by atoms with Crippen LogP contribution in [0.2, 0.25) is 0 Å². The first-order valence-electron chi connectivity index (χ1n) is 7.39. The maximum atomic E-state index is 10.9. The molecule has 1 N–H and O–H groups in total. The van der Waals surface area contributed by atoms with Crippen molar-refractivity contribution < 1.29 is 9.90 Å². The molecule has 0 spiro atoms. The SMILES string of the molecule is CN(C)C(=NC1CCN(c2ccc(C(=O)O)cc2)C1)N(C)C. The molecular weight excluding hydrogens is 280 g/mol. The quantitative estimate of drug-likeness (QED) is 0.676. The molecule has 1 aromatic rings. The van der Waals surface area contributed by atoms with Crippen LogP contribution in [0.4, 0.5) is 5.69 Å². The van der Waals surface area contributed by atoms with Crippen molar-refractivity contribution in [2.75, 3.05) is 46.2 Å². The molecule has 6 heteroatoms. The molecule has 1 saturated heterocycles. The molecule has 1 fully saturated rings. The smallest absolute Gasteiger partial charge is 0.335 e. The van der Waals surface area contributed by atoms with Gasteiger partial charge in [0.2, 0.25) is 0 Å². The summed E-state index contributed by atoms with van der Waals surface area (Å²) in [5, 5.41) is 8.95. The second kappa shape index (κ2) is 6.68. The summed E-state index contributed by atoms with van der Waals surface area (Å²) >= 11 is 0. The first-order valence-corrected chi connectivity index (χ1v) is 7.39. The van der Waals surface area contributed by atoms with Gasteiger partial charge in [-0.05, 0) is 30.7 Å². The summed E-state index contributed by atoms with van der Waals surface area (Å²) in [6.07, 6.45) is 1.01. The van der Waals surface area contributed by atoms with Crippen molar-refractivity contribution in [1.82, 2.24) is 9.80 Å². The van der Waals surface area contributed by atoms with Gasteiger partial charge in [-0.3, -0.25) is 0 Å². The highest BCUT2D eigenvalue weighted by atomic mass is 16.4. The maximum absolute atomic E-state index is 10.9. The molecule has 0 radical (unpaired) electrons. The molecule has 1 heterocycles. The molecule has 1 unspecified atom stereocenters. The van der Waals surface area contributed by atoms with Crippen LogP contribution in [-0.4, -0.2) is 74.2 Å². The van der Waals surface area contributed by atoms with E-state index in [1.807, 2.05) is 50.1 Å². The van der Waals surface area contributed by atoms with E-state index >= 15 is 0 Å². The van der Waals surface area contributed by atoms with E-state index in [-0.39, 0.29) is 6.04 Å². The fourth-order valence-electron chi connectivity index (χ4n) is 2.69. The molecule has 1 aliphatic rings. The number of carbonyl (C=O) groups is 1. The van der Waals surface area contributed by atoms with Gasteiger partial charge in [-0.15, -0.1) is 0 Å². The van der Waals surface area contributed by atoms with E-state index < -0.39 is 5.97 Å². The van der Waals surface area contributed by atoms with E-state index in [4.69, 9.17) is 10.1 Å². The molecule has 0 aliphatic carbocycles. The molecule has 0 aromatic heterocycles. The molecule has 1 atom stereocenters. The van der Waals surface area contributed by atoms with Crippen molar-refractivity contribution >= 4 is 17.6 Å². The summed E-state index contributed by atoms with van der Waals surface area (Å²) in [5.74, 6) is 0.0742. The van der Waals surface area contributed by atoms with Crippen molar-refractivity contribution in [3.05, 3.63) is 29.8 Å². The average Bonchev–Trinajstić information content (AvgIpc) is 2.92. The monoisotopic (exact) mass is 304 g/mol. The molecule has 22 heavy (non-hydrogen) atoms. The Bertz CT molecular complexity index is 542. The zero-order valence-corrected chi connectivity index (χ0v) is 13.7. The van der Waals surface area contributed by atoms with Gasteiger partial charge in [-0.2, -0.15) is 0 Å². The number of nitrogens with zero attached hydrogens (tertiary/aromatic N) is 4. The zero-order valence-electron chi connectivity index (χ0n) is 13.7. The van der Waals surface area contributed by atoms with Gasteiger partial charge in [0.05, 0.1) is 11.6 Å². The van der Waals surface area contributed by atoms with Gasteiger partial charge >= 0.3 is 5.97 Å². The van der Waals surface area contributed by atoms with Crippen molar-refractivity contribution in [1.29, 1.82) is 0 Å². The van der Waals surface area contributed by atoms with Crippen LogP contribution >= 0.6 is 0 Å². The van der Waals surface area contributed by atoms with Gasteiger partial charge in [-0.1, -0.05) is 0 Å². The Kier molecular flexibility index (Phi) is 4.90. The number of aliphatic imine (C=N–C) groups is 1. The Hall–Kier alpha value is -2.24. The summed E-state index contributed by atoms with van der Waals surface area (Å²) in [6.45, 7) is 1.80. The molecule has 1 aliphatic heterocycles. The van der Waals surface area contributed by atoms with Crippen LogP contribution in [0.15, 0.2) is 29.3 Å². The van der Waals surface area contributed by atoms with Crippen LogP contribution in [0, 0.1) is 0 Å². The zero-order chi connectivity index (χ0) is 16.3. The summed E-state index contributed by atoms with van der Waals surface area (Å²) in [5.41, 5.74) is 1.37. The van der Waals surface area contributed by atoms with Gasteiger partial charge in [0.1, 0.15) is 0 Å². The summed E-state index contributed by atoms with van der Waals surface area (Å²) in [4.78, 5) is 22.0. The molecular formula is C16H24N4O2. The van der Waals surface area contributed by atoms with Gasteiger partial charge in [-0.25, -0.2) is 9.79 Å². The summed E-state index contributed by atoms with van der Waals surface area (Å²) in [6, 6.07) is 7.31. The number of hydrogen-bond donors (Lipinski definition) is 1. The lowest BCUT2D eigenvalue weighted by Crippen LogP contribution is -2.37. The van der Waals surface area contributed by atoms with E-state index in [0.29, 0.717) is 5.56 Å². The maximum Gasteiger partial charge on any atom is 0.335 e. The minimum atomic E-state index is -0.892. The Morgan fingerprint density at radius 1 is 1.18 bits per heavy atom. The standard InChI is InChI=1S/C16H24N4O2/c1-18(2)16(19(3)4)17-13-9-10-20(11-13)14-7-5-12(6-8-14)15(21)22/h5-8,13H,9-11H2,1-4H3,(H,21,22). The molecule has 2 rings (SSSR count). The number of carboxylic acids is 1. The fourth-order valence-corrected chi connectivity index (χ4v) is 2.69. The molecule has 6 nitrogen and oxygen atoms in total. The molecule has 0 amide bonds. The fraction of sp³-hybridized carbons (Fsp3) is 0.500. The Labute approximate surface area is 131 Å². The van der Waals surface area contributed by atoms with Gasteiger partial charge in [0, 0.05) is 47.0 Å². The van der Waals surface area contributed by atoms with Crippen LogP contribution in [0.25, 0.3) is 0 Å². The number of anilines is 1. The number of hydrogen-bond acceptors (Lipinski definition) is 3. The highest BCUT2D eigenvalue weighted by Crippen LogP contribution is 2.22. The van der Waals surface area contributed by atoms with E-state index in [9.17, 15) is 4.79 Å². The van der Waals surface area contributed by atoms with Gasteiger partial charge in [0.25, 0.3) is 0 Å². The summed E-state index contributed by atoms with van der Waals surface area (Å²) < 4.78 is 0. The molecule has 120 valence electrons. The summed E-state index contributed by atoms with van der Waals surface area (Å²) in [7, 11) is 7.98. The Balaban J connectivity index is 2.06. The normalized spacial score (nSPS) is 17.3. The minimum Gasteiger partial charge on any atom is -0.478 e. The first-order chi connectivity index (χ1) is 10.4. The van der Waals surface area contributed by atoms with Crippen LogP contribution in [-0.2, 0) is 0 Å².